The molecule has 0 bridgehead atoms. The predicted molar refractivity (Wildman–Crippen MR) is 91.3 cm³/mol. The van der Waals surface area contributed by atoms with Crippen molar-refractivity contribution in [1.82, 2.24) is 15.1 Å². The van der Waals surface area contributed by atoms with Gasteiger partial charge in [0.15, 0.2) is 6.10 Å². The van der Waals surface area contributed by atoms with Crippen LogP contribution in [0.4, 0.5) is 0 Å². The molecular weight excluding hydrogens is 362 g/mol. The molecule has 0 spiro atoms. The molecule has 1 saturated heterocycles. The van der Waals surface area contributed by atoms with Crippen molar-refractivity contribution in [2.24, 2.45) is 0 Å². The van der Waals surface area contributed by atoms with Gasteiger partial charge < -0.3 is 15.0 Å². The molecule has 1 fully saturated rings. The number of carbonyl (C=O) groups is 2. The Morgan fingerprint density at radius 1 is 1.22 bits per heavy atom. The van der Waals surface area contributed by atoms with E-state index in [9.17, 15) is 9.59 Å². The Morgan fingerprint density at radius 3 is 2.39 bits per heavy atom. The highest BCUT2D eigenvalue weighted by Crippen LogP contribution is 2.18. The second-order valence-corrected chi connectivity index (χ2v) is 6.40. The van der Waals surface area contributed by atoms with Crippen LogP contribution in [0.5, 0.6) is 5.75 Å². The zero-order chi connectivity index (χ0) is 16.8. The summed E-state index contributed by atoms with van der Waals surface area (Å²) in [6.07, 6.45) is -0.526. The van der Waals surface area contributed by atoms with Gasteiger partial charge in [-0.1, -0.05) is 15.9 Å². The minimum absolute atomic E-state index is 0.00304. The van der Waals surface area contributed by atoms with Crippen LogP contribution in [0.15, 0.2) is 28.7 Å². The molecule has 0 radical (unpaired) electrons. The molecule has 1 aliphatic heterocycles. The van der Waals surface area contributed by atoms with Gasteiger partial charge in [-0.3, -0.25) is 14.5 Å². The van der Waals surface area contributed by atoms with E-state index in [0.717, 1.165) is 4.47 Å². The van der Waals surface area contributed by atoms with Gasteiger partial charge in [-0.05, 0) is 31.2 Å². The summed E-state index contributed by atoms with van der Waals surface area (Å²) in [4.78, 5) is 27.7. The van der Waals surface area contributed by atoms with Crippen molar-refractivity contribution in [3.8, 4) is 5.75 Å². The summed E-state index contributed by atoms with van der Waals surface area (Å²) in [5.74, 6) is 0.650. The van der Waals surface area contributed by atoms with Crippen LogP contribution in [0.3, 0.4) is 0 Å². The normalized spacial score (nSPS) is 16.7. The molecule has 6 nitrogen and oxygen atoms in total. The number of benzene rings is 1. The van der Waals surface area contributed by atoms with Crippen LogP contribution in [0.2, 0.25) is 0 Å². The minimum atomic E-state index is -0.526. The van der Waals surface area contributed by atoms with E-state index in [1.807, 2.05) is 29.2 Å². The molecule has 23 heavy (non-hydrogen) atoms. The number of hydrogen-bond donors (Lipinski definition) is 1. The molecule has 1 aliphatic rings. The SMILES string of the molecule is CNC(=O)CN1CCN(C(=O)[C@@H](C)Oc2ccc(Br)cc2)CC1. The summed E-state index contributed by atoms with van der Waals surface area (Å²) in [5, 5.41) is 2.61. The van der Waals surface area contributed by atoms with Crippen molar-refractivity contribution >= 4 is 27.7 Å². The highest BCUT2D eigenvalue weighted by Gasteiger charge is 2.26. The summed E-state index contributed by atoms with van der Waals surface area (Å²) in [7, 11) is 1.63. The molecule has 0 aromatic heterocycles. The van der Waals surface area contributed by atoms with Gasteiger partial charge in [0.2, 0.25) is 5.91 Å². The Hall–Kier alpha value is -1.60. The first-order chi connectivity index (χ1) is 11.0. The number of halogens is 1. The van der Waals surface area contributed by atoms with Crippen molar-refractivity contribution < 1.29 is 14.3 Å². The lowest BCUT2D eigenvalue weighted by Crippen LogP contribution is -2.53. The van der Waals surface area contributed by atoms with Crippen LogP contribution in [-0.2, 0) is 9.59 Å². The number of ether oxygens (including phenoxy) is 1. The smallest absolute Gasteiger partial charge is 0.263 e. The van der Waals surface area contributed by atoms with Gasteiger partial charge in [0.25, 0.3) is 5.91 Å². The summed E-state index contributed by atoms with van der Waals surface area (Å²) in [5.41, 5.74) is 0. The van der Waals surface area contributed by atoms with E-state index in [1.165, 1.54) is 0 Å². The van der Waals surface area contributed by atoms with Gasteiger partial charge in [0.1, 0.15) is 5.75 Å². The van der Waals surface area contributed by atoms with Crippen molar-refractivity contribution in [2.75, 3.05) is 39.8 Å². The van der Waals surface area contributed by atoms with E-state index in [1.54, 1.807) is 18.9 Å². The highest BCUT2D eigenvalue weighted by molar-refractivity contribution is 9.10. The van der Waals surface area contributed by atoms with Crippen LogP contribution in [-0.4, -0.2) is 67.5 Å². The number of rotatable bonds is 5. The molecule has 0 aliphatic carbocycles. The van der Waals surface area contributed by atoms with E-state index in [2.05, 4.69) is 21.2 Å². The van der Waals surface area contributed by atoms with Crippen LogP contribution in [0.25, 0.3) is 0 Å². The van der Waals surface area contributed by atoms with Crippen LogP contribution in [0, 0.1) is 0 Å². The number of hydrogen-bond acceptors (Lipinski definition) is 4. The summed E-state index contributed by atoms with van der Waals surface area (Å²) >= 11 is 3.37. The molecule has 1 atom stereocenters. The average Bonchev–Trinajstić information content (AvgIpc) is 2.56. The maximum absolute atomic E-state index is 12.4. The monoisotopic (exact) mass is 383 g/mol. The molecule has 126 valence electrons. The molecular formula is C16H22BrN3O3. The number of nitrogens with zero attached hydrogens (tertiary/aromatic N) is 2. The summed E-state index contributed by atoms with van der Waals surface area (Å²) in [6, 6.07) is 7.42. The fourth-order valence-corrected chi connectivity index (χ4v) is 2.70. The Labute approximate surface area is 144 Å². The second kappa shape index (κ2) is 8.31. The molecule has 0 saturated carbocycles. The van der Waals surface area contributed by atoms with E-state index in [0.29, 0.717) is 38.5 Å². The Balaban J connectivity index is 1.81. The number of carbonyl (C=O) groups excluding carboxylic acids is 2. The molecule has 1 heterocycles. The molecule has 7 heteroatoms. The van der Waals surface area contributed by atoms with E-state index >= 15 is 0 Å². The molecule has 2 rings (SSSR count). The van der Waals surface area contributed by atoms with Crippen LogP contribution in [0.1, 0.15) is 6.92 Å². The fraction of sp³-hybridized carbons (Fsp3) is 0.500. The minimum Gasteiger partial charge on any atom is -0.481 e. The zero-order valence-electron chi connectivity index (χ0n) is 13.4. The third-order valence-electron chi connectivity index (χ3n) is 3.80. The highest BCUT2D eigenvalue weighted by atomic mass is 79.9. The Kier molecular flexibility index (Phi) is 6.41. The largest absolute Gasteiger partial charge is 0.481 e. The number of piperazine rings is 1. The summed E-state index contributed by atoms with van der Waals surface area (Å²) < 4.78 is 6.67. The maximum Gasteiger partial charge on any atom is 0.263 e. The van der Waals surface area contributed by atoms with E-state index < -0.39 is 6.10 Å². The van der Waals surface area contributed by atoms with E-state index in [-0.39, 0.29) is 11.8 Å². The third kappa shape index (κ3) is 5.21. The van der Waals surface area contributed by atoms with Gasteiger partial charge in [-0.25, -0.2) is 0 Å². The predicted octanol–water partition coefficient (Wildman–Crippen LogP) is 1.11. The number of nitrogens with one attached hydrogen (secondary N) is 1. The van der Waals surface area contributed by atoms with Crippen molar-refractivity contribution in [3.63, 3.8) is 0 Å². The number of amides is 2. The molecule has 2 amide bonds. The van der Waals surface area contributed by atoms with Crippen molar-refractivity contribution in [3.05, 3.63) is 28.7 Å². The third-order valence-corrected chi connectivity index (χ3v) is 4.33. The summed E-state index contributed by atoms with van der Waals surface area (Å²) in [6.45, 7) is 4.77. The van der Waals surface area contributed by atoms with Gasteiger partial charge in [0, 0.05) is 37.7 Å². The lowest BCUT2D eigenvalue weighted by molar-refractivity contribution is -0.139. The first kappa shape index (κ1) is 17.7. The van der Waals surface area contributed by atoms with Gasteiger partial charge in [-0.2, -0.15) is 0 Å². The Morgan fingerprint density at radius 2 is 1.83 bits per heavy atom. The van der Waals surface area contributed by atoms with Gasteiger partial charge in [0.05, 0.1) is 6.54 Å². The molecule has 1 aromatic carbocycles. The fourth-order valence-electron chi connectivity index (χ4n) is 2.43. The lowest BCUT2D eigenvalue weighted by atomic mass is 10.2. The molecule has 1 N–H and O–H groups in total. The topological polar surface area (TPSA) is 61.9 Å². The standard InChI is InChI=1S/C16H22BrN3O3/c1-12(23-14-5-3-13(17)4-6-14)16(22)20-9-7-19(8-10-20)11-15(21)18-2/h3-6,12H,7-11H2,1-2H3,(H,18,21)/t12-/m1/s1. The van der Waals surface area contributed by atoms with Crippen molar-refractivity contribution in [2.45, 2.75) is 13.0 Å². The molecule has 0 unspecified atom stereocenters. The van der Waals surface area contributed by atoms with E-state index in [4.69, 9.17) is 4.74 Å². The first-order valence-electron chi connectivity index (χ1n) is 7.63. The first-order valence-corrected chi connectivity index (χ1v) is 8.43. The van der Waals surface area contributed by atoms with Crippen molar-refractivity contribution in [1.29, 1.82) is 0 Å². The van der Waals surface area contributed by atoms with Gasteiger partial charge >= 0.3 is 0 Å². The number of likely N-dealkylation sites (N-methyl/N-ethyl adjacent to an activating group) is 1. The Bertz CT molecular complexity index is 542. The van der Waals surface area contributed by atoms with Crippen LogP contribution < -0.4 is 10.1 Å². The van der Waals surface area contributed by atoms with Crippen LogP contribution >= 0.6 is 15.9 Å². The van der Waals surface area contributed by atoms with Gasteiger partial charge in [-0.15, -0.1) is 0 Å². The second-order valence-electron chi connectivity index (χ2n) is 5.49. The zero-order valence-corrected chi connectivity index (χ0v) is 15.0. The lowest BCUT2D eigenvalue weighted by Gasteiger charge is -2.35. The maximum atomic E-state index is 12.4. The molecule has 1 aromatic rings. The quantitative estimate of drug-likeness (QED) is 0.826. The average molecular weight is 384 g/mol.